The summed E-state index contributed by atoms with van der Waals surface area (Å²) in [6, 6.07) is 2.78. The Kier molecular flexibility index (Phi) is 3.95. The van der Waals surface area contributed by atoms with Crippen molar-refractivity contribution in [3.63, 3.8) is 0 Å². The van der Waals surface area contributed by atoms with E-state index in [-0.39, 0.29) is 0 Å². The lowest BCUT2D eigenvalue weighted by molar-refractivity contribution is 0.406. The van der Waals surface area contributed by atoms with Gasteiger partial charge in [0.25, 0.3) is 0 Å². The van der Waals surface area contributed by atoms with Crippen LogP contribution in [0.15, 0.2) is 6.07 Å². The molecule has 1 unspecified atom stereocenters. The summed E-state index contributed by atoms with van der Waals surface area (Å²) in [5.74, 6) is 0.850. The largest absolute Gasteiger partial charge is 0.495 e. The van der Waals surface area contributed by atoms with Crippen LogP contribution in [0.4, 0.5) is 0 Å². The van der Waals surface area contributed by atoms with Gasteiger partial charge >= 0.3 is 0 Å². The summed E-state index contributed by atoms with van der Waals surface area (Å²) in [7, 11) is 1.70. The SMILES string of the molecule is COc1c(CC2CCCN2)cc(C)c(C)c1Cl. The van der Waals surface area contributed by atoms with Gasteiger partial charge < -0.3 is 10.1 Å². The summed E-state index contributed by atoms with van der Waals surface area (Å²) >= 11 is 6.34. The van der Waals surface area contributed by atoms with Crippen LogP contribution < -0.4 is 10.1 Å². The van der Waals surface area contributed by atoms with Gasteiger partial charge in [-0.05, 0) is 56.3 Å². The summed E-state index contributed by atoms with van der Waals surface area (Å²) < 4.78 is 5.46. The molecule has 1 aromatic carbocycles. The highest BCUT2D eigenvalue weighted by atomic mass is 35.5. The molecule has 0 spiro atoms. The van der Waals surface area contributed by atoms with Crippen LogP contribution in [-0.2, 0) is 6.42 Å². The summed E-state index contributed by atoms with van der Waals surface area (Å²) in [4.78, 5) is 0. The minimum atomic E-state index is 0.571. The van der Waals surface area contributed by atoms with Crippen LogP contribution in [0.3, 0.4) is 0 Å². The van der Waals surface area contributed by atoms with Crippen LogP contribution in [0.2, 0.25) is 5.02 Å². The van der Waals surface area contributed by atoms with E-state index >= 15 is 0 Å². The van der Waals surface area contributed by atoms with E-state index in [1.54, 1.807) is 7.11 Å². The molecular weight excluding hydrogens is 234 g/mol. The average Bonchev–Trinajstić information content (AvgIpc) is 2.79. The Morgan fingerprint density at radius 2 is 2.24 bits per heavy atom. The molecule has 1 heterocycles. The third-order valence-corrected chi connectivity index (χ3v) is 4.09. The second-order valence-corrected chi connectivity index (χ2v) is 5.20. The fraction of sp³-hybridized carbons (Fsp3) is 0.571. The van der Waals surface area contributed by atoms with Gasteiger partial charge in [-0.1, -0.05) is 17.7 Å². The molecule has 1 aliphatic rings. The van der Waals surface area contributed by atoms with Gasteiger partial charge in [0.15, 0.2) is 0 Å². The Balaban J connectivity index is 2.31. The van der Waals surface area contributed by atoms with Crippen molar-refractivity contribution in [2.24, 2.45) is 0 Å². The summed E-state index contributed by atoms with van der Waals surface area (Å²) in [6.45, 7) is 5.27. The van der Waals surface area contributed by atoms with E-state index in [1.807, 2.05) is 6.92 Å². The number of hydrogen-bond acceptors (Lipinski definition) is 2. The summed E-state index contributed by atoms with van der Waals surface area (Å²) in [6.07, 6.45) is 3.52. The lowest BCUT2D eigenvalue weighted by Crippen LogP contribution is -2.24. The van der Waals surface area contributed by atoms with Gasteiger partial charge in [-0.2, -0.15) is 0 Å². The standard InChI is InChI=1S/C14H20ClNO/c1-9-7-11(8-12-5-4-6-16-12)14(17-3)13(15)10(9)2/h7,12,16H,4-6,8H2,1-3H3. The maximum atomic E-state index is 6.34. The molecule has 0 radical (unpaired) electrons. The number of methoxy groups -OCH3 is 1. The van der Waals surface area contributed by atoms with Crippen LogP contribution in [0.25, 0.3) is 0 Å². The van der Waals surface area contributed by atoms with Crippen molar-refractivity contribution in [3.05, 3.63) is 27.8 Å². The third kappa shape index (κ3) is 2.58. The van der Waals surface area contributed by atoms with E-state index in [4.69, 9.17) is 16.3 Å². The Hall–Kier alpha value is -0.730. The molecule has 0 aliphatic carbocycles. The predicted molar refractivity (Wildman–Crippen MR) is 72.2 cm³/mol. The quantitative estimate of drug-likeness (QED) is 0.893. The Morgan fingerprint density at radius 3 is 2.82 bits per heavy atom. The van der Waals surface area contributed by atoms with Crippen molar-refractivity contribution in [1.29, 1.82) is 0 Å². The van der Waals surface area contributed by atoms with Crippen molar-refractivity contribution < 1.29 is 4.74 Å². The second-order valence-electron chi connectivity index (χ2n) is 4.82. The zero-order valence-electron chi connectivity index (χ0n) is 10.8. The van der Waals surface area contributed by atoms with Crippen molar-refractivity contribution in [2.75, 3.05) is 13.7 Å². The van der Waals surface area contributed by atoms with E-state index in [1.165, 1.54) is 24.0 Å². The number of halogens is 1. The van der Waals surface area contributed by atoms with Gasteiger partial charge in [-0.25, -0.2) is 0 Å². The third-order valence-electron chi connectivity index (χ3n) is 3.64. The lowest BCUT2D eigenvalue weighted by atomic mass is 9.99. The number of ether oxygens (including phenoxy) is 1. The van der Waals surface area contributed by atoms with E-state index in [0.717, 1.165) is 29.3 Å². The zero-order valence-corrected chi connectivity index (χ0v) is 11.5. The fourth-order valence-corrected chi connectivity index (χ4v) is 2.84. The van der Waals surface area contributed by atoms with Crippen LogP contribution in [0, 0.1) is 13.8 Å². The Labute approximate surface area is 108 Å². The van der Waals surface area contributed by atoms with Crippen LogP contribution in [0.1, 0.15) is 29.5 Å². The normalized spacial score (nSPS) is 19.6. The van der Waals surface area contributed by atoms with Gasteiger partial charge in [0.2, 0.25) is 0 Å². The van der Waals surface area contributed by atoms with Crippen molar-refractivity contribution >= 4 is 11.6 Å². The molecule has 0 amide bonds. The average molecular weight is 254 g/mol. The molecule has 0 saturated carbocycles. The molecule has 94 valence electrons. The molecule has 1 aromatic rings. The summed E-state index contributed by atoms with van der Waals surface area (Å²) in [5, 5.41) is 4.28. The molecule has 0 aromatic heterocycles. The second kappa shape index (κ2) is 5.28. The van der Waals surface area contributed by atoms with Crippen molar-refractivity contribution in [3.8, 4) is 5.75 Å². The number of hydrogen-bond donors (Lipinski definition) is 1. The highest BCUT2D eigenvalue weighted by Gasteiger charge is 2.19. The molecule has 1 saturated heterocycles. The molecule has 17 heavy (non-hydrogen) atoms. The van der Waals surface area contributed by atoms with Crippen molar-refractivity contribution in [2.45, 2.75) is 39.2 Å². The van der Waals surface area contributed by atoms with Gasteiger partial charge in [0.1, 0.15) is 5.75 Å². The first-order valence-electron chi connectivity index (χ1n) is 6.19. The topological polar surface area (TPSA) is 21.3 Å². The zero-order chi connectivity index (χ0) is 12.4. The van der Waals surface area contributed by atoms with E-state index in [9.17, 15) is 0 Å². The predicted octanol–water partition coefficient (Wildman–Crippen LogP) is 3.26. The molecule has 2 rings (SSSR count). The Bertz CT molecular complexity index is 411. The molecule has 1 N–H and O–H groups in total. The molecule has 2 nitrogen and oxygen atoms in total. The number of rotatable bonds is 3. The molecular formula is C14H20ClNO. The van der Waals surface area contributed by atoms with E-state index < -0.39 is 0 Å². The molecule has 1 atom stereocenters. The monoisotopic (exact) mass is 253 g/mol. The molecule has 1 aliphatic heterocycles. The van der Waals surface area contributed by atoms with Crippen LogP contribution in [0.5, 0.6) is 5.75 Å². The van der Waals surface area contributed by atoms with E-state index in [2.05, 4.69) is 18.3 Å². The number of aryl methyl sites for hydroxylation is 1. The molecule has 1 fully saturated rings. The maximum Gasteiger partial charge on any atom is 0.140 e. The Morgan fingerprint density at radius 1 is 1.47 bits per heavy atom. The molecule has 3 heteroatoms. The van der Waals surface area contributed by atoms with Crippen LogP contribution in [-0.4, -0.2) is 19.7 Å². The smallest absolute Gasteiger partial charge is 0.140 e. The minimum absolute atomic E-state index is 0.571. The van der Waals surface area contributed by atoms with Crippen LogP contribution >= 0.6 is 11.6 Å². The lowest BCUT2D eigenvalue weighted by Gasteiger charge is -2.17. The van der Waals surface area contributed by atoms with Gasteiger partial charge in [-0.15, -0.1) is 0 Å². The minimum Gasteiger partial charge on any atom is -0.495 e. The first-order chi connectivity index (χ1) is 8.13. The van der Waals surface area contributed by atoms with E-state index in [0.29, 0.717) is 6.04 Å². The number of nitrogens with one attached hydrogen (secondary N) is 1. The first kappa shape index (κ1) is 12.7. The van der Waals surface area contributed by atoms with Gasteiger partial charge in [0, 0.05) is 6.04 Å². The van der Waals surface area contributed by atoms with Crippen molar-refractivity contribution in [1.82, 2.24) is 5.32 Å². The fourth-order valence-electron chi connectivity index (χ4n) is 2.49. The first-order valence-corrected chi connectivity index (χ1v) is 6.57. The van der Waals surface area contributed by atoms with Gasteiger partial charge in [0.05, 0.1) is 12.1 Å². The molecule has 0 bridgehead atoms. The highest BCUT2D eigenvalue weighted by molar-refractivity contribution is 6.33. The maximum absolute atomic E-state index is 6.34. The highest BCUT2D eigenvalue weighted by Crippen LogP contribution is 2.35. The summed E-state index contributed by atoms with van der Waals surface area (Å²) in [5.41, 5.74) is 3.58. The van der Waals surface area contributed by atoms with Gasteiger partial charge in [-0.3, -0.25) is 0 Å². The number of benzene rings is 1.